The SMILES string of the molecule is Cc1ccc(C[n+]2csc(CCO)c2C)c(N)c1.O=[N+]([O-])[O-]. The van der Waals surface area contributed by atoms with E-state index in [0.29, 0.717) is 0 Å². The van der Waals surface area contributed by atoms with Gasteiger partial charge in [-0.05, 0) is 18.6 Å². The van der Waals surface area contributed by atoms with Crippen molar-refractivity contribution in [1.82, 2.24) is 0 Å². The molecule has 1 aromatic carbocycles. The number of benzene rings is 1. The minimum absolute atomic E-state index is 0.202. The number of thiazole rings is 1. The summed E-state index contributed by atoms with van der Waals surface area (Å²) in [7, 11) is 0. The van der Waals surface area contributed by atoms with Crippen LogP contribution in [-0.4, -0.2) is 16.8 Å². The lowest BCUT2D eigenvalue weighted by atomic mass is 10.1. The van der Waals surface area contributed by atoms with Gasteiger partial charge in [-0.3, -0.25) is 0 Å². The van der Waals surface area contributed by atoms with Crippen LogP contribution in [0.3, 0.4) is 0 Å². The van der Waals surface area contributed by atoms with Gasteiger partial charge < -0.3 is 26.2 Å². The highest BCUT2D eigenvalue weighted by molar-refractivity contribution is 7.09. The van der Waals surface area contributed by atoms with E-state index in [1.165, 1.54) is 16.1 Å². The van der Waals surface area contributed by atoms with E-state index in [1.807, 2.05) is 13.0 Å². The quantitative estimate of drug-likeness (QED) is 0.383. The van der Waals surface area contributed by atoms with Crippen molar-refractivity contribution in [3.05, 3.63) is 60.7 Å². The third-order valence-electron chi connectivity index (χ3n) is 3.14. The Balaban J connectivity index is 0.000000541. The molecule has 120 valence electrons. The predicted molar refractivity (Wildman–Crippen MR) is 85.1 cm³/mol. The van der Waals surface area contributed by atoms with E-state index in [-0.39, 0.29) is 6.61 Å². The Bertz CT molecular complexity index is 639. The first-order valence-corrected chi connectivity index (χ1v) is 7.47. The molecule has 2 rings (SSSR count). The van der Waals surface area contributed by atoms with Gasteiger partial charge in [-0.1, -0.05) is 23.5 Å². The monoisotopic (exact) mass is 325 g/mol. The van der Waals surface area contributed by atoms with Gasteiger partial charge in [0, 0.05) is 31.2 Å². The Hall–Kier alpha value is -2.19. The molecular formula is C14H19N3O4S. The van der Waals surface area contributed by atoms with Crippen molar-refractivity contribution in [2.75, 3.05) is 12.3 Å². The Kier molecular flexibility index (Phi) is 6.74. The van der Waals surface area contributed by atoms with Gasteiger partial charge in [0.2, 0.25) is 5.51 Å². The molecule has 0 radical (unpaired) electrons. The lowest BCUT2D eigenvalue weighted by molar-refractivity contribution is -0.689. The van der Waals surface area contributed by atoms with Crippen LogP contribution in [0, 0.1) is 29.2 Å². The summed E-state index contributed by atoms with van der Waals surface area (Å²) >= 11 is 1.69. The number of rotatable bonds is 4. The summed E-state index contributed by atoms with van der Waals surface area (Å²) in [6.45, 7) is 5.13. The van der Waals surface area contributed by atoms with Crippen LogP contribution in [0.1, 0.15) is 21.7 Å². The Morgan fingerprint density at radius 2 is 2.00 bits per heavy atom. The van der Waals surface area contributed by atoms with E-state index in [0.717, 1.165) is 24.2 Å². The van der Waals surface area contributed by atoms with Crippen molar-refractivity contribution in [2.45, 2.75) is 26.8 Å². The number of aromatic nitrogens is 1. The van der Waals surface area contributed by atoms with E-state index in [2.05, 4.69) is 29.1 Å². The predicted octanol–water partition coefficient (Wildman–Crippen LogP) is 1.58. The molecule has 7 nitrogen and oxygen atoms in total. The Labute approximate surface area is 132 Å². The molecular weight excluding hydrogens is 306 g/mol. The van der Waals surface area contributed by atoms with Gasteiger partial charge in [0.1, 0.15) is 0 Å². The van der Waals surface area contributed by atoms with Crippen LogP contribution >= 0.6 is 11.3 Å². The molecule has 0 saturated carbocycles. The number of aryl methyl sites for hydroxylation is 1. The zero-order chi connectivity index (χ0) is 16.7. The number of hydrogen-bond acceptors (Lipinski definition) is 6. The topological polar surface area (TPSA) is 116 Å². The fourth-order valence-electron chi connectivity index (χ4n) is 1.99. The first-order valence-electron chi connectivity index (χ1n) is 6.59. The van der Waals surface area contributed by atoms with Gasteiger partial charge in [0.05, 0.1) is 9.96 Å². The largest absolute Gasteiger partial charge is 0.398 e. The molecule has 0 unspecified atom stereocenters. The lowest BCUT2D eigenvalue weighted by Gasteiger charge is -2.03. The molecule has 2 aromatic rings. The second kappa shape index (κ2) is 8.30. The maximum Gasteiger partial charge on any atom is 0.225 e. The first kappa shape index (κ1) is 17.9. The molecule has 1 heterocycles. The summed E-state index contributed by atoms with van der Waals surface area (Å²) < 4.78 is 2.19. The van der Waals surface area contributed by atoms with Crippen molar-refractivity contribution >= 4 is 17.0 Å². The molecule has 0 atom stereocenters. The standard InChI is InChI=1S/C14H19N2OS.NO3/c1-10-3-4-12(13(15)7-10)8-16-9-18-14(5-6-17)11(16)2;2-1(3)4/h3-4,7,9,17H,5-6,8,15H2,1-2H3;/q+1;-1. The van der Waals surface area contributed by atoms with E-state index in [9.17, 15) is 0 Å². The number of nitrogens with zero attached hydrogens (tertiary/aromatic N) is 2. The van der Waals surface area contributed by atoms with Crippen molar-refractivity contribution in [2.24, 2.45) is 0 Å². The molecule has 3 N–H and O–H groups in total. The fraction of sp³-hybridized carbons (Fsp3) is 0.357. The second-order valence-corrected chi connectivity index (χ2v) is 5.70. The van der Waals surface area contributed by atoms with Crippen molar-refractivity contribution < 1.29 is 14.8 Å². The number of nitrogens with two attached hydrogens (primary N) is 1. The molecule has 0 aliphatic rings. The molecule has 0 spiro atoms. The van der Waals surface area contributed by atoms with Crippen molar-refractivity contribution in [1.29, 1.82) is 0 Å². The van der Waals surface area contributed by atoms with E-state index in [1.54, 1.807) is 11.3 Å². The van der Waals surface area contributed by atoms with E-state index >= 15 is 0 Å². The van der Waals surface area contributed by atoms with Crippen LogP contribution < -0.4 is 10.3 Å². The molecule has 8 heteroatoms. The minimum atomic E-state index is -1.75. The van der Waals surface area contributed by atoms with Gasteiger partial charge in [0.15, 0.2) is 12.2 Å². The lowest BCUT2D eigenvalue weighted by Crippen LogP contribution is -2.35. The van der Waals surface area contributed by atoms with Gasteiger partial charge in [-0.25, -0.2) is 0 Å². The molecule has 0 amide bonds. The summed E-state index contributed by atoms with van der Waals surface area (Å²) in [5, 5.41) is 23.7. The Morgan fingerprint density at radius 1 is 1.36 bits per heavy atom. The van der Waals surface area contributed by atoms with Gasteiger partial charge in [-0.2, -0.15) is 4.57 Å². The summed E-state index contributed by atoms with van der Waals surface area (Å²) in [5.41, 5.74) is 12.5. The fourth-order valence-corrected chi connectivity index (χ4v) is 2.97. The number of hydrogen-bond donors (Lipinski definition) is 2. The van der Waals surface area contributed by atoms with Crippen LogP contribution in [0.15, 0.2) is 23.7 Å². The highest BCUT2D eigenvalue weighted by Gasteiger charge is 2.16. The average molecular weight is 325 g/mol. The summed E-state index contributed by atoms with van der Waals surface area (Å²) in [5.74, 6) is 0. The third kappa shape index (κ3) is 5.30. The van der Waals surface area contributed by atoms with Crippen LogP contribution in [0.5, 0.6) is 0 Å². The number of anilines is 1. The maximum atomic E-state index is 9.00. The highest BCUT2D eigenvalue weighted by Crippen LogP contribution is 2.16. The minimum Gasteiger partial charge on any atom is -0.398 e. The second-order valence-electron chi connectivity index (χ2n) is 4.76. The van der Waals surface area contributed by atoms with Crippen LogP contribution in [0.2, 0.25) is 0 Å². The molecule has 0 aliphatic heterocycles. The highest BCUT2D eigenvalue weighted by atomic mass is 32.1. The zero-order valence-electron chi connectivity index (χ0n) is 12.5. The van der Waals surface area contributed by atoms with E-state index < -0.39 is 5.09 Å². The number of nitrogen functional groups attached to an aromatic ring is 1. The maximum absolute atomic E-state index is 9.00. The molecule has 0 fully saturated rings. The third-order valence-corrected chi connectivity index (χ3v) is 4.28. The van der Waals surface area contributed by atoms with Crippen LogP contribution in [0.25, 0.3) is 0 Å². The van der Waals surface area contributed by atoms with E-state index in [4.69, 9.17) is 26.2 Å². The normalized spacial score (nSPS) is 9.95. The Morgan fingerprint density at radius 3 is 2.55 bits per heavy atom. The molecule has 0 aliphatic carbocycles. The van der Waals surface area contributed by atoms with Crippen molar-refractivity contribution in [3.63, 3.8) is 0 Å². The summed E-state index contributed by atoms with van der Waals surface area (Å²) in [4.78, 5) is 9.49. The van der Waals surface area contributed by atoms with Crippen LogP contribution in [0.4, 0.5) is 5.69 Å². The van der Waals surface area contributed by atoms with Gasteiger partial charge in [-0.15, -0.1) is 0 Å². The zero-order valence-corrected chi connectivity index (χ0v) is 13.3. The van der Waals surface area contributed by atoms with Crippen molar-refractivity contribution in [3.8, 4) is 0 Å². The molecule has 0 bridgehead atoms. The average Bonchev–Trinajstić information content (AvgIpc) is 2.75. The number of aliphatic hydroxyl groups excluding tert-OH is 1. The first-order chi connectivity index (χ1) is 10.3. The molecule has 1 aromatic heterocycles. The smallest absolute Gasteiger partial charge is 0.225 e. The van der Waals surface area contributed by atoms with Crippen LogP contribution in [-0.2, 0) is 13.0 Å². The molecule has 22 heavy (non-hydrogen) atoms. The van der Waals surface area contributed by atoms with Gasteiger partial charge in [0.25, 0.3) is 0 Å². The molecule has 0 saturated heterocycles. The summed E-state index contributed by atoms with van der Waals surface area (Å²) in [6.07, 6.45) is 0.729. The summed E-state index contributed by atoms with van der Waals surface area (Å²) in [6, 6.07) is 6.18. The number of aliphatic hydroxyl groups is 1. The van der Waals surface area contributed by atoms with Gasteiger partial charge >= 0.3 is 0 Å².